The molecular weight excluding hydrogens is 310 g/mol. The van der Waals surface area contributed by atoms with E-state index in [2.05, 4.69) is 0 Å². The fourth-order valence-electron chi connectivity index (χ4n) is 2.60. The molecule has 1 N–H and O–H groups in total. The third-order valence-electron chi connectivity index (χ3n) is 3.86. The Kier molecular flexibility index (Phi) is 5.36. The summed E-state index contributed by atoms with van der Waals surface area (Å²) in [5.74, 6) is -0.212. The molecule has 1 amide bonds. The first kappa shape index (κ1) is 18.1. The maximum absolute atomic E-state index is 12.0. The molecule has 1 heterocycles. The van der Waals surface area contributed by atoms with Gasteiger partial charge in [-0.3, -0.25) is 0 Å². The molecule has 0 unspecified atom stereocenters. The highest BCUT2D eigenvalue weighted by Crippen LogP contribution is 2.22. The van der Waals surface area contributed by atoms with Gasteiger partial charge in [-0.05, 0) is 51.8 Å². The predicted molar refractivity (Wildman–Crippen MR) is 89.5 cm³/mol. The van der Waals surface area contributed by atoms with Crippen molar-refractivity contribution >= 4 is 12.1 Å². The number of carboxylic acids is 1. The second kappa shape index (κ2) is 7.11. The number of hydrogen-bond acceptors (Lipinski definition) is 4. The van der Waals surface area contributed by atoms with E-state index in [-0.39, 0.29) is 17.6 Å². The summed E-state index contributed by atoms with van der Waals surface area (Å²) in [5, 5.41) is 9.14. The van der Waals surface area contributed by atoms with Crippen molar-refractivity contribution in [2.45, 2.75) is 39.7 Å². The number of ether oxygens (including phenoxy) is 2. The van der Waals surface area contributed by atoms with Crippen LogP contribution in [-0.4, -0.2) is 47.4 Å². The summed E-state index contributed by atoms with van der Waals surface area (Å²) in [5.41, 5.74) is 0.446. The number of carbonyl (C=O) groups excluding carboxylic acids is 1. The van der Waals surface area contributed by atoms with E-state index in [4.69, 9.17) is 14.6 Å². The molecule has 0 saturated carbocycles. The first-order valence-electron chi connectivity index (χ1n) is 8.10. The zero-order valence-electron chi connectivity index (χ0n) is 14.7. The molecule has 0 radical (unpaired) electrons. The van der Waals surface area contributed by atoms with E-state index in [9.17, 15) is 9.59 Å². The van der Waals surface area contributed by atoms with Crippen molar-refractivity contribution < 1.29 is 24.2 Å². The lowest BCUT2D eigenvalue weighted by molar-refractivity contribution is 0.0284. The van der Waals surface area contributed by atoms with Crippen LogP contribution in [-0.2, 0) is 4.74 Å². The highest BCUT2D eigenvalue weighted by atomic mass is 16.6. The van der Waals surface area contributed by atoms with Crippen LogP contribution in [0.3, 0.4) is 0 Å². The topological polar surface area (TPSA) is 76.1 Å². The van der Waals surface area contributed by atoms with E-state index in [0.29, 0.717) is 31.0 Å². The molecule has 0 aliphatic carbocycles. The summed E-state index contributed by atoms with van der Waals surface area (Å²) in [7, 11) is 0. The van der Waals surface area contributed by atoms with Crippen LogP contribution in [0.5, 0.6) is 5.75 Å². The highest BCUT2D eigenvalue weighted by molar-refractivity contribution is 5.89. The van der Waals surface area contributed by atoms with Crippen LogP contribution in [0.2, 0.25) is 0 Å². The van der Waals surface area contributed by atoms with E-state index in [0.717, 1.165) is 6.42 Å². The van der Waals surface area contributed by atoms with Crippen LogP contribution < -0.4 is 4.74 Å². The number of aromatic carboxylic acids is 1. The van der Waals surface area contributed by atoms with Crippen LogP contribution in [0, 0.1) is 12.8 Å². The Bertz CT molecular complexity index is 620. The Morgan fingerprint density at radius 3 is 2.67 bits per heavy atom. The summed E-state index contributed by atoms with van der Waals surface area (Å²) in [4.78, 5) is 24.9. The summed E-state index contributed by atoms with van der Waals surface area (Å²) in [6.45, 7) is 8.98. The Labute approximate surface area is 142 Å². The number of likely N-dealkylation sites (tertiary alicyclic amines) is 1. The van der Waals surface area contributed by atoms with Crippen LogP contribution in [0.1, 0.15) is 43.1 Å². The van der Waals surface area contributed by atoms with Crippen molar-refractivity contribution in [3.63, 3.8) is 0 Å². The van der Waals surface area contributed by atoms with Gasteiger partial charge >= 0.3 is 12.1 Å². The van der Waals surface area contributed by atoms with Crippen molar-refractivity contribution in [1.29, 1.82) is 0 Å². The molecule has 2 rings (SSSR count). The molecule has 1 saturated heterocycles. The smallest absolute Gasteiger partial charge is 0.410 e. The normalized spacial score (nSPS) is 17.7. The fourth-order valence-corrected chi connectivity index (χ4v) is 2.60. The average Bonchev–Trinajstić information content (AvgIpc) is 2.93. The number of amides is 1. The van der Waals surface area contributed by atoms with Gasteiger partial charge in [0, 0.05) is 19.0 Å². The van der Waals surface area contributed by atoms with E-state index < -0.39 is 11.6 Å². The average molecular weight is 335 g/mol. The van der Waals surface area contributed by atoms with Gasteiger partial charge in [0.25, 0.3) is 0 Å². The van der Waals surface area contributed by atoms with Gasteiger partial charge in [-0.2, -0.15) is 0 Å². The summed E-state index contributed by atoms with van der Waals surface area (Å²) < 4.78 is 11.1. The summed E-state index contributed by atoms with van der Waals surface area (Å²) in [6, 6.07) is 5.04. The van der Waals surface area contributed by atoms with Crippen LogP contribution in [0.4, 0.5) is 4.79 Å². The zero-order chi connectivity index (χ0) is 17.9. The summed E-state index contributed by atoms with van der Waals surface area (Å²) in [6.07, 6.45) is 0.546. The van der Waals surface area contributed by atoms with Crippen molar-refractivity contribution in [2.24, 2.45) is 5.92 Å². The maximum atomic E-state index is 12.0. The second-order valence-electron chi connectivity index (χ2n) is 7.17. The molecule has 132 valence electrons. The molecule has 1 aromatic carbocycles. The first-order valence-corrected chi connectivity index (χ1v) is 8.10. The van der Waals surface area contributed by atoms with Gasteiger partial charge in [0.05, 0.1) is 12.2 Å². The van der Waals surface area contributed by atoms with Crippen molar-refractivity contribution in [2.75, 3.05) is 19.7 Å². The Balaban J connectivity index is 1.87. The summed E-state index contributed by atoms with van der Waals surface area (Å²) >= 11 is 0. The standard InChI is InChI=1S/C18H25NO5/c1-12-5-6-14(9-15(12)16(20)21)23-11-13-7-8-19(10-13)17(22)24-18(2,3)4/h5-6,9,13H,7-8,10-11H2,1-4H3,(H,20,21)/t13-/m1/s1. The monoisotopic (exact) mass is 335 g/mol. The van der Waals surface area contributed by atoms with Gasteiger partial charge in [0.15, 0.2) is 0 Å². The Hall–Kier alpha value is -2.24. The molecule has 0 spiro atoms. The van der Waals surface area contributed by atoms with Crippen molar-refractivity contribution in [1.82, 2.24) is 4.90 Å². The lowest BCUT2D eigenvalue weighted by Gasteiger charge is -2.24. The van der Waals surface area contributed by atoms with E-state index in [1.165, 1.54) is 6.07 Å². The zero-order valence-corrected chi connectivity index (χ0v) is 14.7. The van der Waals surface area contributed by atoms with Gasteiger partial charge in [-0.15, -0.1) is 0 Å². The third kappa shape index (κ3) is 4.88. The molecule has 1 aliphatic heterocycles. The predicted octanol–water partition coefficient (Wildman–Crippen LogP) is 3.33. The van der Waals surface area contributed by atoms with Crippen molar-refractivity contribution in [3.8, 4) is 5.75 Å². The SMILES string of the molecule is Cc1ccc(OC[C@@H]2CCN(C(=O)OC(C)(C)C)C2)cc1C(=O)O. The molecule has 1 aromatic rings. The maximum Gasteiger partial charge on any atom is 0.410 e. The molecule has 1 atom stereocenters. The van der Waals surface area contributed by atoms with Gasteiger partial charge in [0.2, 0.25) is 0 Å². The number of aryl methyl sites for hydroxylation is 1. The largest absolute Gasteiger partial charge is 0.493 e. The number of carbonyl (C=O) groups is 2. The lowest BCUT2D eigenvalue weighted by atomic mass is 10.1. The third-order valence-corrected chi connectivity index (χ3v) is 3.86. The second-order valence-corrected chi connectivity index (χ2v) is 7.17. The molecule has 1 fully saturated rings. The first-order chi connectivity index (χ1) is 11.2. The number of rotatable bonds is 4. The Morgan fingerprint density at radius 2 is 2.04 bits per heavy atom. The van der Waals surface area contributed by atoms with Crippen LogP contribution in [0.15, 0.2) is 18.2 Å². The fraction of sp³-hybridized carbons (Fsp3) is 0.556. The minimum absolute atomic E-state index is 0.215. The number of benzene rings is 1. The number of hydrogen-bond donors (Lipinski definition) is 1. The van der Waals surface area contributed by atoms with Gasteiger partial charge < -0.3 is 19.5 Å². The highest BCUT2D eigenvalue weighted by Gasteiger charge is 2.30. The van der Waals surface area contributed by atoms with Crippen LogP contribution in [0.25, 0.3) is 0 Å². The number of carboxylic acid groups (broad SMARTS) is 1. The van der Waals surface area contributed by atoms with Gasteiger partial charge in [-0.25, -0.2) is 9.59 Å². The molecule has 0 aromatic heterocycles. The Morgan fingerprint density at radius 1 is 1.33 bits per heavy atom. The minimum Gasteiger partial charge on any atom is -0.493 e. The van der Waals surface area contributed by atoms with Gasteiger partial charge in [-0.1, -0.05) is 6.07 Å². The molecule has 6 heteroatoms. The lowest BCUT2D eigenvalue weighted by Crippen LogP contribution is -2.35. The van der Waals surface area contributed by atoms with E-state index in [1.54, 1.807) is 24.0 Å². The molecule has 24 heavy (non-hydrogen) atoms. The molecule has 0 bridgehead atoms. The van der Waals surface area contributed by atoms with Crippen LogP contribution >= 0.6 is 0 Å². The molecule has 1 aliphatic rings. The van der Waals surface area contributed by atoms with Gasteiger partial charge in [0.1, 0.15) is 11.4 Å². The minimum atomic E-state index is -0.963. The molecular formula is C18H25NO5. The van der Waals surface area contributed by atoms with Crippen molar-refractivity contribution in [3.05, 3.63) is 29.3 Å². The van der Waals surface area contributed by atoms with E-state index >= 15 is 0 Å². The number of nitrogens with zero attached hydrogens (tertiary/aromatic N) is 1. The quantitative estimate of drug-likeness (QED) is 0.913. The van der Waals surface area contributed by atoms with E-state index in [1.807, 2.05) is 20.8 Å². The molecule has 6 nitrogen and oxygen atoms in total.